The third-order valence-corrected chi connectivity index (χ3v) is 3.84. The third-order valence-electron chi connectivity index (χ3n) is 1.52. The summed E-state index contributed by atoms with van der Waals surface area (Å²) in [7, 11) is 0. The van der Waals surface area contributed by atoms with Crippen molar-refractivity contribution < 1.29 is 4.79 Å². The SMILES string of the molecule is CC(=O)C(C)=P(C)(C)C. The van der Waals surface area contributed by atoms with Crippen LogP contribution in [0, 0.1) is 0 Å². The van der Waals surface area contributed by atoms with Gasteiger partial charge in [0.05, 0.1) is 0 Å². The highest BCUT2D eigenvalue weighted by Gasteiger charge is 2.04. The fraction of sp³-hybridized carbons (Fsp3) is 0.714. The van der Waals surface area contributed by atoms with Gasteiger partial charge in [-0.05, 0) is 39.1 Å². The van der Waals surface area contributed by atoms with E-state index >= 15 is 0 Å². The zero-order valence-corrected chi connectivity index (χ0v) is 7.75. The van der Waals surface area contributed by atoms with Crippen LogP contribution in [0.5, 0.6) is 0 Å². The average Bonchev–Trinajstić information content (AvgIpc) is 1.62. The molecule has 0 aliphatic rings. The van der Waals surface area contributed by atoms with Crippen LogP contribution in [0.1, 0.15) is 13.8 Å². The minimum absolute atomic E-state index is 0.246. The molecule has 0 spiro atoms. The summed E-state index contributed by atoms with van der Waals surface area (Å²) in [4.78, 5) is 10.8. The molecule has 0 fully saturated rings. The Morgan fingerprint density at radius 1 is 1.11 bits per heavy atom. The predicted octanol–water partition coefficient (Wildman–Crippen LogP) is 1.67. The first kappa shape index (κ1) is 8.97. The standard InChI is InChI=1S/C7H15OP/c1-6(8)7(2)9(3,4)5/h1-5H3. The molecule has 0 N–H and O–H groups in total. The quantitative estimate of drug-likeness (QED) is 0.514. The molecule has 0 rings (SSSR count). The molecule has 0 unspecified atom stereocenters. The zero-order chi connectivity index (χ0) is 7.65. The van der Waals surface area contributed by atoms with Crippen molar-refractivity contribution in [2.75, 3.05) is 20.0 Å². The van der Waals surface area contributed by atoms with Gasteiger partial charge in [0, 0.05) is 0 Å². The summed E-state index contributed by atoms with van der Waals surface area (Å²) in [6.45, 7) is 9.05. The Labute approximate surface area is 57.4 Å². The van der Waals surface area contributed by atoms with Crippen LogP contribution in [-0.4, -0.2) is 31.1 Å². The molecule has 0 amide bonds. The van der Waals surface area contributed by atoms with Crippen LogP contribution in [-0.2, 0) is 4.79 Å². The predicted molar refractivity (Wildman–Crippen MR) is 46.1 cm³/mol. The normalized spacial score (nSPS) is 11.2. The van der Waals surface area contributed by atoms with Crippen molar-refractivity contribution in [1.29, 1.82) is 0 Å². The highest BCUT2D eigenvalue weighted by Crippen LogP contribution is 2.34. The molecule has 0 aromatic rings. The minimum Gasteiger partial charge on any atom is -0.295 e. The van der Waals surface area contributed by atoms with Crippen molar-refractivity contribution in [1.82, 2.24) is 0 Å². The highest BCUT2D eigenvalue weighted by molar-refractivity contribution is 7.75. The number of Topliss-reactive ketones (excluding diaryl/α,β-unsaturated/α-hetero) is 1. The average molecular weight is 146 g/mol. The molecular formula is C7H15OP. The Morgan fingerprint density at radius 3 is 1.44 bits per heavy atom. The van der Waals surface area contributed by atoms with Gasteiger partial charge in [0.1, 0.15) is 0 Å². The molecule has 0 aliphatic carbocycles. The summed E-state index contributed by atoms with van der Waals surface area (Å²) in [5.74, 6) is 0.246. The molecule has 0 saturated carbocycles. The Morgan fingerprint density at radius 2 is 1.44 bits per heavy atom. The molecule has 0 bridgehead atoms. The number of hydrogen-bond donors (Lipinski definition) is 0. The molecular weight excluding hydrogens is 131 g/mol. The molecule has 0 atom stereocenters. The van der Waals surface area contributed by atoms with Crippen LogP contribution < -0.4 is 0 Å². The molecule has 2 heteroatoms. The van der Waals surface area contributed by atoms with E-state index < -0.39 is 6.89 Å². The third kappa shape index (κ3) is 2.86. The fourth-order valence-corrected chi connectivity index (χ4v) is 1.42. The van der Waals surface area contributed by atoms with Gasteiger partial charge < -0.3 is 0 Å². The van der Waals surface area contributed by atoms with E-state index in [1.54, 1.807) is 6.92 Å². The van der Waals surface area contributed by atoms with Gasteiger partial charge in [-0.3, -0.25) is 4.79 Å². The van der Waals surface area contributed by atoms with Crippen molar-refractivity contribution >= 4 is 18.0 Å². The largest absolute Gasteiger partial charge is 0.295 e. The first-order chi connectivity index (χ1) is 3.85. The first-order valence-electron chi connectivity index (χ1n) is 3.02. The van der Waals surface area contributed by atoms with Crippen LogP contribution in [0.3, 0.4) is 0 Å². The molecule has 0 heterocycles. The van der Waals surface area contributed by atoms with Gasteiger partial charge in [0.15, 0.2) is 5.78 Å². The monoisotopic (exact) mass is 146 g/mol. The van der Waals surface area contributed by atoms with Gasteiger partial charge in [-0.25, -0.2) is 0 Å². The second-order valence-corrected chi connectivity index (χ2v) is 7.85. The summed E-state index contributed by atoms with van der Waals surface area (Å²) in [6.07, 6.45) is 0. The smallest absolute Gasteiger partial charge is 0.155 e. The van der Waals surface area contributed by atoms with Crippen LogP contribution in [0.2, 0.25) is 0 Å². The summed E-state index contributed by atoms with van der Waals surface area (Å²) in [6, 6.07) is 0. The molecule has 0 aliphatic heterocycles. The van der Waals surface area contributed by atoms with E-state index in [1.165, 1.54) is 0 Å². The molecule has 0 aromatic heterocycles. The lowest BCUT2D eigenvalue weighted by molar-refractivity contribution is -0.110. The van der Waals surface area contributed by atoms with Crippen LogP contribution in [0.25, 0.3) is 0 Å². The molecule has 1 nitrogen and oxygen atoms in total. The van der Waals surface area contributed by atoms with Gasteiger partial charge >= 0.3 is 0 Å². The van der Waals surface area contributed by atoms with E-state index in [-0.39, 0.29) is 5.78 Å². The highest BCUT2D eigenvalue weighted by atomic mass is 31.2. The number of ketones is 1. The van der Waals surface area contributed by atoms with E-state index in [4.69, 9.17) is 0 Å². The first-order valence-corrected chi connectivity index (χ1v) is 6.15. The number of rotatable bonds is 1. The van der Waals surface area contributed by atoms with Gasteiger partial charge in [0.2, 0.25) is 0 Å². The Bertz CT molecular complexity index is 165. The maximum atomic E-state index is 10.8. The van der Waals surface area contributed by atoms with E-state index in [0.717, 1.165) is 5.29 Å². The van der Waals surface area contributed by atoms with Gasteiger partial charge in [-0.1, -0.05) is 0 Å². The van der Waals surface area contributed by atoms with Crippen LogP contribution in [0.15, 0.2) is 0 Å². The lowest BCUT2D eigenvalue weighted by Crippen LogP contribution is -2.06. The van der Waals surface area contributed by atoms with Crippen molar-refractivity contribution in [2.45, 2.75) is 13.8 Å². The Balaban J connectivity index is 4.72. The summed E-state index contributed by atoms with van der Waals surface area (Å²) >= 11 is 0. The van der Waals surface area contributed by atoms with E-state index in [2.05, 4.69) is 20.0 Å². The topological polar surface area (TPSA) is 17.1 Å². The number of carbonyl (C=O) groups excluding carboxylic acids is 1. The second kappa shape index (κ2) is 2.70. The van der Waals surface area contributed by atoms with Crippen molar-refractivity contribution in [2.24, 2.45) is 0 Å². The lowest BCUT2D eigenvalue weighted by Gasteiger charge is -2.10. The summed E-state index contributed by atoms with van der Waals surface area (Å²) < 4.78 is 0. The van der Waals surface area contributed by atoms with Gasteiger partial charge in [0.25, 0.3) is 0 Å². The van der Waals surface area contributed by atoms with E-state index in [0.29, 0.717) is 0 Å². The van der Waals surface area contributed by atoms with Crippen molar-refractivity contribution in [3.05, 3.63) is 0 Å². The molecule has 0 aromatic carbocycles. The summed E-state index contributed by atoms with van der Waals surface area (Å²) in [5, 5.41) is 1.06. The molecule has 0 radical (unpaired) electrons. The van der Waals surface area contributed by atoms with Crippen molar-refractivity contribution in [3.63, 3.8) is 0 Å². The van der Waals surface area contributed by atoms with E-state index in [9.17, 15) is 4.79 Å². The van der Waals surface area contributed by atoms with E-state index in [1.807, 2.05) is 6.92 Å². The molecule has 9 heavy (non-hydrogen) atoms. The van der Waals surface area contributed by atoms with Crippen LogP contribution in [0.4, 0.5) is 0 Å². The lowest BCUT2D eigenvalue weighted by atomic mass is 10.4. The number of carbonyl (C=O) groups is 1. The van der Waals surface area contributed by atoms with Gasteiger partial charge in [-0.2, -0.15) is 0 Å². The fourth-order valence-electron chi connectivity index (χ4n) is 0.472. The second-order valence-electron chi connectivity index (χ2n) is 3.15. The van der Waals surface area contributed by atoms with Crippen LogP contribution >= 0.6 is 6.89 Å². The number of hydrogen-bond acceptors (Lipinski definition) is 1. The van der Waals surface area contributed by atoms with Crippen molar-refractivity contribution in [3.8, 4) is 0 Å². The maximum Gasteiger partial charge on any atom is 0.155 e. The zero-order valence-electron chi connectivity index (χ0n) is 6.86. The Hall–Kier alpha value is -0.0300. The van der Waals surface area contributed by atoms with Gasteiger partial charge in [-0.15, -0.1) is 6.89 Å². The Kier molecular flexibility index (Phi) is 2.69. The summed E-state index contributed by atoms with van der Waals surface area (Å²) in [5.41, 5.74) is 0. The molecule has 0 saturated heterocycles. The minimum atomic E-state index is -0.996. The maximum absolute atomic E-state index is 10.8. The molecule has 54 valence electrons.